The summed E-state index contributed by atoms with van der Waals surface area (Å²) in [5.41, 5.74) is 6.42. The van der Waals surface area contributed by atoms with Gasteiger partial charge in [-0.05, 0) is 47.5 Å². The number of piperidine rings is 1. The molecule has 4 rings (SSSR count). The number of quaternary nitrogens is 1. The van der Waals surface area contributed by atoms with Gasteiger partial charge in [0.1, 0.15) is 12.1 Å². The zero-order chi connectivity index (χ0) is 21.4. The highest BCUT2D eigenvalue weighted by molar-refractivity contribution is 6.15. The molecule has 0 radical (unpaired) electrons. The highest BCUT2D eigenvalue weighted by Gasteiger charge is 2.48. The summed E-state index contributed by atoms with van der Waals surface area (Å²) in [6.07, 6.45) is 6.36. The molecule has 4 heteroatoms. The maximum absolute atomic E-state index is 13.5. The predicted octanol–water partition coefficient (Wildman–Crippen LogP) is 2.91. The van der Waals surface area contributed by atoms with Crippen molar-refractivity contribution in [2.45, 2.75) is 24.9 Å². The molecule has 2 aromatic rings. The van der Waals surface area contributed by atoms with E-state index in [9.17, 15) is 4.79 Å². The minimum atomic E-state index is 0.224. The topological polar surface area (TPSA) is 28.0 Å². The fourth-order valence-electron chi connectivity index (χ4n) is 4.75. The lowest BCUT2D eigenvalue weighted by Crippen LogP contribution is -3.16. The van der Waals surface area contributed by atoms with E-state index in [4.69, 9.17) is 0 Å². The number of likely N-dealkylation sites (N-methyl/N-ethyl adjacent to an activating group) is 1. The van der Waals surface area contributed by atoms with E-state index in [0.29, 0.717) is 12.1 Å². The van der Waals surface area contributed by atoms with Gasteiger partial charge in [0.25, 0.3) is 0 Å². The maximum atomic E-state index is 13.5. The van der Waals surface area contributed by atoms with Crippen LogP contribution >= 0.6 is 0 Å². The zero-order valence-corrected chi connectivity index (χ0v) is 18.6. The lowest BCUT2D eigenvalue weighted by Gasteiger charge is -2.31. The molecule has 0 spiro atoms. The molecular weight excluding hydrogens is 370 g/mol. The van der Waals surface area contributed by atoms with E-state index < -0.39 is 0 Å². The quantitative estimate of drug-likeness (QED) is 0.797. The van der Waals surface area contributed by atoms with E-state index in [2.05, 4.69) is 77.5 Å². The van der Waals surface area contributed by atoms with Gasteiger partial charge in [-0.3, -0.25) is 4.79 Å². The van der Waals surface area contributed by atoms with Crippen LogP contribution < -0.4 is 14.7 Å². The van der Waals surface area contributed by atoms with Crippen molar-refractivity contribution in [2.24, 2.45) is 0 Å². The van der Waals surface area contributed by atoms with E-state index in [0.717, 1.165) is 46.5 Å². The van der Waals surface area contributed by atoms with Crippen LogP contribution in [0.25, 0.3) is 12.2 Å². The molecule has 2 saturated heterocycles. The second-order valence-electron chi connectivity index (χ2n) is 8.93. The molecular formula is C26H32N3O+. The monoisotopic (exact) mass is 402 g/mol. The first-order chi connectivity index (χ1) is 14.3. The fourth-order valence-corrected chi connectivity index (χ4v) is 4.75. The Bertz CT molecular complexity index is 904. The van der Waals surface area contributed by atoms with Crippen LogP contribution in [-0.2, 0) is 4.79 Å². The predicted molar refractivity (Wildman–Crippen MR) is 126 cm³/mol. The Morgan fingerprint density at radius 2 is 1.10 bits per heavy atom. The molecule has 2 aliphatic rings. The minimum Gasteiger partial charge on any atom is -0.378 e. The van der Waals surface area contributed by atoms with Gasteiger partial charge in [0.05, 0.1) is 18.2 Å². The fraction of sp³-hybridized carbons (Fsp3) is 0.346. The smallest absolute Gasteiger partial charge is 0.196 e. The third-order valence-corrected chi connectivity index (χ3v) is 6.58. The largest absolute Gasteiger partial charge is 0.378 e. The van der Waals surface area contributed by atoms with Gasteiger partial charge in [0, 0.05) is 52.4 Å². The summed E-state index contributed by atoms with van der Waals surface area (Å²) in [6, 6.07) is 17.4. The van der Waals surface area contributed by atoms with Crippen LogP contribution in [0.1, 0.15) is 24.0 Å². The summed E-state index contributed by atoms with van der Waals surface area (Å²) in [5.74, 6) is 0.224. The molecule has 156 valence electrons. The first kappa shape index (κ1) is 20.4. The third-order valence-electron chi connectivity index (χ3n) is 6.58. The number of nitrogens with one attached hydrogen (secondary N) is 1. The molecule has 0 aromatic heterocycles. The van der Waals surface area contributed by atoms with Gasteiger partial charge in [-0.2, -0.15) is 0 Å². The Morgan fingerprint density at radius 3 is 1.43 bits per heavy atom. The molecule has 0 saturated carbocycles. The molecule has 0 unspecified atom stereocenters. The third kappa shape index (κ3) is 3.80. The Labute approximate surface area is 180 Å². The van der Waals surface area contributed by atoms with Crippen molar-refractivity contribution < 1.29 is 9.69 Å². The lowest BCUT2D eigenvalue weighted by atomic mass is 9.88. The minimum absolute atomic E-state index is 0.224. The van der Waals surface area contributed by atoms with Crippen molar-refractivity contribution in [3.8, 4) is 0 Å². The second kappa shape index (κ2) is 8.11. The second-order valence-corrected chi connectivity index (χ2v) is 8.93. The van der Waals surface area contributed by atoms with Crippen LogP contribution in [0, 0.1) is 0 Å². The number of fused-ring (bicyclic) bond motifs is 2. The van der Waals surface area contributed by atoms with Gasteiger partial charge in [-0.25, -0.2) is 0 Å². The number of carbonyl (C=O) groups excluding carboxylic acids is 1. The number of hydrogen-bond acceptors (Lipinski definition) is 3. The Kier molecular flexibility index (Phi) is 5.52. The summed E-state index contributed by atoms with van der Waals surface area (Å²) in [5, 5.41) is 0. The summed E-state index contributed by atoms with van der Waals surface area (Å²) in [4.78, 5) is 19.1. The number of rotatable bonds is 4. The van der Waals surface area contributed by atoms with Gasteiger partial charge in [-0.1, -0.05) is 24.3 Å². The number of carbonyl (C=O) groups is 1. The number of benzene rings is 2. The van der Waals surface area contributed by atoms with Gasteiger partial charge < -0.3 is 14.7 Å². The maximum Gasteiger partial charge on any atom is 0.196 e. The van der Waals surface area contributed by atoms with Crippen LogP contribution in [0.15, 0.2) is 59.7 Å². The molecule has 2 aromatic carbocycles. The van der Waals surface area contributed by atoms with Crippen LogP contribution in [0.5, 0.6) is 0 Å². The molecule has 2 aliphatic heterocycles. The average molecular weight is 403 g/mol. The first-order valence-electron chi connectivity index (χ1n) is 10.7. The average Bonchev–Trinajstić information content (AvgIpc) is 3.04. The molecule has 4 nitrogen and oxygen atoms in total. The van der Waals surface area contributed by atoms with E-state index in [-0.39, 0.29) is 5.78 Å². The molecule has 2 fully saturated rings. The molecule has 0 aliphatic carbocycles. The van der Waals surface area contributed by atoms with Crippen molar-refractivity contribution in [1.29, 1.82) is 0 Å². The standard InChI is InChI=1S/C26H31N3O/c1-27(2)20-10-6-18(7-11-20)16-22-24-14-15-25(29(24)5)23(26(22)30)17-19-8-12-21(13-9-19)28(3)4/h6-13,16-17,24-25H,14-15H2,1-5H3/p+1/b22-16-,23-17-/t24-,25-/m1/s1. The Balaban J connectivity index is 1.68. The summed E-state index contributed by atoms with van der Waals surface area (Å²) < 4.78 is 0. The molecule has 2 atom stereocenters. The van der Waals surface area contributed by atoms with E-state index >= 15 is 0 Å². The molecule has 1 N–H and O–H groups in total. The summed E-state index contributed by atoms with van der Waals surface area (Å²) >= 11 is 0. The van der Waals surface area contributed by atoms with Crippen LogP contribution in [0.2, 0.25) is 0 Å². The number of nitrogens with zero attached hydrogens (tertiary/aromatic N) is 2. The first-order valence-corrected chi connectivity index (χ1v) is 10.7. The van der Waals surface area contributed by atoms with Crippen molar-refractivity contribution in [2.75, 3.05) is 45.0 Å². The zero-order valence-electron chi connectivity index (χ0n) is 18.6. The number of Topliss-reactive ketones (excluding diaryl/α,β-unsaturated/α-hetero) is 1. The number of hydrogen-bond donors (Lipinski definition) is 1. The number of anilines is 2. The lowest BCUT2D eigenvalue weighted by molar-refractivity contribution is -0.906. The van der Waals surface area contributed by atoms with Gasteiger partial charge in [0.15, 0.2) is 5.78 Å². The van der Waals surface area contributed by atoms with Gasteiger partial charge in [-0.15, -0.1) is 0 Å². The van der Waals surface area contributed by atoms with Gasteiger partial charge >= 0.3 is 0 Å². The van der Waals surface area contributed by atoms with Crippen molar-refractivity contribution in [3.05, 3.63) is 70.8 Å². The normalized spacial score (nSPS) is 25.8. The highest BCUT2D eigenvalue weighted by Crippen LogP contribution is 2.31. The van der Waals surface area contributed by atoms with Gasteiger partial charge in [0.2, 0.25) is 0 Å². The molecule has 2 heterocycles. The summed E-state index contributed by atoms with van der Waals surface area (Å²) in [6.45, 7) is 0. The van der Waals surface area contributed by atoms with E-state index in [1.54, 1.807) is 0 Å². The Hall–Kier alpha value is -2.85. The van der Waals surface area contributed by atoms with Crippen LogP contribution in [0.4, 0.5) is 11.4 Å². The van der Waals surface area contributed by atoms with Crippen molar-refractivity contribution in [3.63, 3.8) is 0 Å². The van der Waals surface area contributed by atoms with Crippen molar-refractivity contribution >= 4 is 29.3 Å². The van der Waals surface area contributed by atoms with E-state index in [1.807, 2.05) is 28.2 Å². The Morgan fingerprint density at radius 1 is 0.733 bits per heavy atom. The molecule has 2 bridgehead atoms. The SMILES string of the molecule is CN(C)c1ccc(/C=C2\C(=O)/C(=C\c3ccc(N(C)C)cc3)[C@H]3CC[C@H]2[NH+]3C)cc1. The van der Waals surface area contributed by atoms with Crippen LogP contribution in [-0.4, -0.2) is 53.1 Å². The van der Waals surface area contributed by atoms with Crippen molar-refractivity contribution in [1.82, 2.24) is 0 Å². The number of ketones is 1. The summed E-state index contributed by atoms with van der Waals surface area (Å²) in [7, 11) is 10.4. The van der Waals surface area contributed by atoms with Crippen LogP contribution in [0.3, 0.4) is 0 Å². The highest BCUT2D eigenvalue weighted by atomic mass is 16.1. The molecule has 0 amide bonds. The molecule has 30 heavy (non-hydrogen) atoms. The van der Waals surface area contributed by atoms with E-state index in [1.165, 1.54) is 4.90 Å².